The molecule has 0 spiro atoms. The summed E-state index contributed by atoms with van der Waals surface area (Å²) in [5, 5.41) is 4.82. The maximum atomic E-state index is 13.3. The molecule has 4 aromatic rings. The zero-order valence-electron chi connectivity index (χ0n) is 17.8. The van der Waals surface area contributed by atoms with Crippen LogP contribution in [-0.4, -0.2) is 21.2 Å². The topological polar surface area (TPSA) is 64.0 Å². The lowest BCUT2D eigenvalue weighted by molar-refractivity contribution is -0.119. The van der Waals surface area contributed by atoms with E-state index in [0.29, 0.717) is 27.6 Å². The van der Waals surface area contributed by atoms with E-state index in [4.69, 9.17) is 16.6 Å². The van der Waals surface area contributed by atoms with Crippen molar-refractivity contribution in [2.75, 3.05) is 5.75 Å². The molecule has 1 aliphatic rings. The molecular weight excluding hydrogens is 454 g/mol. The van der Waals surface area contributed by atoms with E-state index in [0.717, 1.165) is 18.4 Å². The minimum atomic E-state index is -0.131. The summed E-state index contributed by atoms with van der Waals surface area (Å²) < 4.78 is 1.62. The van der Waals surface area contributed by atoms with Crippen molar-refractivity contribution in [3.05, 3.63) is 105 Å². The summed E-state index contributed by atoms with van der Waals surface area (Å²) in [6.07, 6.45) is 1.88. The van der Waals surface area contributed by atoms with Crippen molar-refractivity contribution < 1.29 is 4.79 Å². The third kappa shape index (κ3) is 4.68. The number of hydrogen-bond acceptors (Lipinski definition) is 4. The minimum absolute atomic E-state index is 0.0347. The summed E-state index contributed by atoms with van der Waals surface area (Å²) in [6, 6.07) is 23.0. The van der Waals surface area contributed by atoms with E-state index < -0.39 is 0 Å². The number of halogens is 1. The number of carbonyl (C=O) groups excluding carboxylic acids is 1. The van der Waals surface area contributed by atoms with Gasteiger partial charge >= 0.3 is 0 Å². The third-order valence-corrected chi connectivity index (χ3v) is 7.07. The van der Waals surface area contributed by atoms with Gasteiger partial charge in [0.1, 0.15) is 0 Å². The number of amides is 1. The maximum Gasteiger partial charge on any atom is 0.262 e. The van der Waals surface area contributed by atoms with Crippen LogP contribution >= 0.6 is 23.4 Å². The molecule has 1 atom stereocenters. The van der Waals surface area contributed by atoms with Crippen LogP contribution in [0, 0.1) is 0 Å². The Kier molecular flexibility index (Phi) is 6.20. The number of hydrogen-bond donors (Lipinski definition) is 1. The van der Waals surface area contributed by atoms with Gasteiger partial charge in [0, 0.05) is 5.02 Å². The number of para-hydroxylation sites is 1. The second-order valence-electron chi connectivity index (χ2n) is 8.08. The number of thioether (sulfide) groups is 1. The van der Waals surface area contributed by atoms with Crippen LogP contribution in [0.3, 0.4) is 0 Å². The van der Waals surface area contributed by atoms with E-state index in [1.165, 1.54) is 22.9 Å². The summed E-state index contributed by atoms with van der Waals surface area (Å²) in [7, 11) is 0. The number of aromatic nitrogens is 2. The van der Waals surface area contributed by atoms with Crippen molar-refractivity contribution in [3.8, 4) is 0 Å². The molecule has 1 aliphatic carbocycles. The molecule has 1 heterocycles. The second-order valence-corrected chi connectivity index (χ2v) is 9.46. The fraction of sp³-hybridized carbons (Fsp3) is 0.192. The highest BCUT2D eigenvalue weighted by atomic mass is 35.5. The molecule has 0 bridgehead atoms. The highest BCUT2D eigenvalue weighted by molar-refractivity contribution is 7.99. The average molecular weight is 476 g/mol. The first kappa shape index (κ1) is 21.7. The predicted molar refractivity (Wildman–Crippen MR) is 133 cm³/mol. The van der Waals surface area contributed by atoms with Gasteiger partial charge in [-0.1, -0.05) is 71.9 Å². The number of fused-ring (bicyclic) bond motifs is 2. The Hall–Kier alpha value is -3.09. The standard InChI is InChI=1S/C26H22ClN3O2S/c27-19-8-5-6-17(14-19)15-30-25(32)21-10-3-4-11-22(21)29-26(30)33-16-24(31)28-23-13-12-18-7-1-2-9-20(18)23/h1-11,14,23H,12-13,15-16H2,(H,28,31). The van der Waals surface area contributed by atoms with Crippen molar-refractivity contribution in [2.45, 2.75) is 30.6 Å². The minimum Gasteiger partial charge on any atom is -0.349 e. The third-order valence-electron chi connectivity index (χ3n) is 5.86. The van der Waals surface area contributed by atoms with Crippen LogP contribution in [0.5, 0.6) is 0 Å². The van der Waals surface area contributed by atoms with Crippen LogP contribution < -0.4 is 10.9 Å². The van der Waals surface area contributed by atoms with Gasteiger partial charge in [-0.3, -0.25) is 14.2 Å². The summed E-state index contributed by atoms with van der Waals surface area (Å²) in [6.45, 7) is 0.331. The van der Waals surface area contributed by atoms with Crippen LogP contribution in [0.25, 0.3) is 10.9 Å². The molecule has 0 radical (unpaired) electrons. The molecule has 5 rings (SSSR count). The Balaban J connectivity index is 1.39. The van der Waals surface area contributed by atoms with Crippen LogP contribution in [0.2, 0.25) is 5.02 Å². The zero-order chi connectivity index (χ0) is 22.8. The lowest BCUT2D eigenvalue weighted by Crippen LogP contribution is -2.29. The first-order chi connectivity index (χ1) is 16.1. The quantitative estimate of drug-likeness (QED) is 0.315. The van der Waals surface area contributed by atoms with Gasteiger partial charge in [0.05, 0.1) is 29.2 Å². The lowest BCUT2D eigenvalue weighted by atomic mass is 10.1. The van der Waals surface area contributed by atoms with Crippen molar-refractivity contribution in [1.82, 2.24) is 14.9 Å². The Morgan fingerprint density at radius 2 is 1.91 bits per heavy atom. The molecule has 7 heteroatoms. The lowest BCUT2D eigenvalue weighted by Gasteiger charge is -2.16. The SMILES string of the molecule is O=C(CSc1nc2ccccc2c(=O)n1Cc1cccc(Cl)c1)NC1CCc2ccccc21. The van der Waals surface area contributed by atoms with Crippen molar-refractivity contribution in [2.24, 2.45) is 0 Å². The van der Waals surface area contributed by atoms with Crippen molar-refractivity contribution in [1.29, 1.82) is 0 Å². The number of benzene rings is 3. The summed E-state index contributed by atoms with van der Waals surface area (Å²) in [4.78, 5) is 30.8. The Bertz CT molecular complexity index is 1400. The van der Waals surface area contributed by atoms with E-state index in [1.807, 2.05) is 48.5 Å². The first-order valence-corrected chi connectivity index (χ1v) is 12.2. The fourth-order valence-electron chi connectivity index (χ4n) is 4.29. The molecule has 1 unspecified atom stereocenters. The van der Waals surface area contributed by atoms with Gasteiger partial charge < -0.3 is 5.32 Å². The van der Waals surface area contributed by atoms with Gasteiger partial charge in [-0.05, 0) is 53.8 Å². The van der Waals surface area contributed by atoms with E-state index >= 15 is 0 Å². The summed E-state index contributed by atoms with van der Waals surface area (Å²) in [5.74, 6) is 0.109. The second kappa shape index (κ2) is 9.41. The maximum absolute atomic E-state index is 13.3. The largest absolute Gasteiger partial charge is 0.349 e. The van der Waals surface area contributed by atoms with Crippen LogP contribution in [-0.2, 0) is 17.8 Å². The first-order valence-electron chi connectivity index (χ1n) is 10.8. The molecule has 0 aliphatic heterocycles. The molecule has 33 heavy (non-hydrogen) atoms. The van der Waals surface area contributed by atoms with Gasteiger partial charge in [-0.25, -0.2) is 4.98 Å². The predicted octanol–water partition coefficient (Wildman–Crippen LogP) is 4.99. The summed E-state index contributed by atoms with van der Waals surface area (Å²) in [5.41, 5.74) is 3.88. The van der Waals surface area contributed by atoms with Gasteiger partial charge in [0.25, 0.3) is 5.56 Å². The van der Waals surface area contributed by atoms with Crippen LogP contribution in [0.15, 0.2) is 82.7 Å². The van der Waals surface area contributed by atoms with Crippen molar-refractivity contribution in [3.63, 3.8) is 0 Å². The monoisotopic (exact) mass is 475 g/mol. The molecule has 5 nitrogen and oxygen atoms in total. The van der Waals surface area contributed by atoms with Crippen molar-refractivity contribution >= 4 is 40.2 Å². The molecule has 3 aromatic carbocycles. The molecule has 0 fully saturated rings. The van der Waals surface area contributed by atoms with E-state index in [9.17, 15) is 9.59 Å². The van der Waals surface area contributed by atoms with E-state index in [-0.39, 0.29) is 23.3 Å². The number of nitrogens with one attached hydrogen (secondary N) is 1. The van der Waals surface area contributed by atoms with Crippen LogP contribution in [0.4, 0.5) is 0 Å². The highest BCUT2D eigenvalue weighted by Gasteiger charge is 2.23. The fourth-order valence-corrected chi connectivity index (χ4v) is 5.31. The molecule has 0 saturated heterocycles. The molecule has 1 aromatic heterocycles. The molecule has 1 N–H and O–H groups in total. The van der Waals surface area contributed by atoms with Gasteiger partial charge in [0.15, 0.2) is 5.16 Å². The van der Waals surface area contributed by atoms with Gasteiger partial charge in [-0.2, -0.15) is 0 Å². The van der Waals surface area contributed by atoms with E-state index in [2.05, 4.69) is 17.4 Å². The smallest absolute Gasteiger partial charge is 0.262 e. The Morgan fingerprint density at radius 3 is 2.79 bits per heavy atom. The highest BCUT2D eigenvalue weighted by Crippen LogP contribution is 2.31. The number of carbonyl (C=O) groups is 1. The summed E-state index contributed by atoms with van der Waals surface area (Å²) >= 11 is 7.42. The van der Waals surface area contributed by atoms with Gasteiger partial charge in [-0.15, -0.1) is 0 Å². The molecule has 0 saturated carbocycles. The Morgan fingerprint density at radius 1 is 1.09 bits per heavy atom. The number of aryl methyl sites for hydroxylation is 1. The molecular formula is C26H22ClN3O2S. The zero-order valence-corrected chi connectivity index (χ0v) is 19.4. The average Bonchev–Trinajstić information content (AvgIpc) is 3.22. The number of nitrogens with zero attached hydrogens (tertiary/aromatic N) is 2. The van der Waals surface area contributed by atoms with Crippen LogP contribution in [0.1, 0.15) is 29.2 Å². The molecule has 166 valence electrons. The number of rotatable bonds is 6. The normalized spacial score (nSPS) is 14.9. The molecule has 1 amide bonds. The Labute approximate surface area is 200 Å². The van der Waals surface area contributed by atoms with E-state index in [1.54, 1.807) is 16.7 Å². The van der Waals surface area contributed by atoms with Gasteiger partial charge in [0.2, 0.25) is 5.91 Å².